The van der Waals surface area contributed by atoms with E-state index in [0.29, 0.717) is 32.7 Å². The molecular formula is C41H32O5P2. The highest BCUT2D eigenvalue weighted by atomic mass is 31.2. The number of carbonyl (C=O) groups excluding carboxylic acids is 1. The zero-order valence-corrected chi connectivity index (χ0v) is 27.7. The summed E-state index contributed by atoms with van der Waals surface area (Å²) in [6.07, 6.45) is 6.29. The summed E-state index contributed by atoms with van der Waals surface area (Å²) in [5, 5.41) is 2.37. The molecule has 0 N–H and O–H groups in total. The highest BCUT2D eigenvalue weighted by Gasteiger charge is 2.31. The number of benzene rings is 6. The lowest BCUT2D eigenvalue weighted by Crippen LogP contribution is -2.20. The lowest BCUT2D eigenvalue weighted by atomic mass is 10.1. The minimum Gasteiger partial charge on any atom is -0.437 e. The maximum Gasteiger partial charge on any atom is 0.306 e. The van der Waals surface area contributed by atoms with Crippen LogP contribution in [0.4, 0.5) is 0 Å². The molecule has 0 aliphatic rings. The highest BCUT2D eigenvalue weighted by Crippen LogP contribution is 2.46. The quantitative estimate of drug-likeness (QED) is 0.0967. The Kier molecular flexibility index (Phi) is 10.1. The van der Waals surface area contributed by atoms with Crippen LogP contribution in [0.2, 0.25) is 0 Å². The first-order valence-corrected chi connectivity index (χ1v) is 18.6. The van der Waals surface area contributed by atoms with Crippen molar-refractivity contribution in [1.82, 2.24) is 0 Å². The van der Waals surface area contributed by atoms with E-state index in [1.165, 1.54) is 12.2 Å². The van der Waals surface area contributed by atoms with Gasteiger partial charge in [0.25, 0.3) is 0 Å². The molecule has 0 bridgehead atoms. The molecule has 6 aromatic carbocycles. The lowest BCUT2D eigenvalue weighted by molar-refractivity contribution is -0.110. The molecule has 5 nitrogen and oxygen atoms in total. The van der Waals surface area contributed by atoms with Crippen molar-refractivity contribution in [3.8, 4) is 11.5 Å². The fourth-order valence-electron chi connectivity index (χ4n) is 5.07. The largest absolute Gasteiger partial charge is 0.437 e. The first-order valence-electron chi connectivity index (χ1n) is 15.3. The smallest absolute Gasteiger partial charge is 0.306 e. The molecule has 0 aliphatic carbocycles. The number of ketones is 1. The minimum atomic E-state index is -3.43. The summed E-state index contributed by atoms with van der Waals surface area (Å²) in [6, 6.07) is 50.9. The van der Waals surface area contributed by atoms with Crippen molar-refractivity contribution >= 4 is 53.9 Å². The van der Waals surface area contributed by atoms with Gasteiger partial charge in [-0.15, -0.1) is 0 Å². The van der Waals surface area contributed by atoms with Crippen LogP contribution in [0.5, 0.6) is 11.5 Å². The summed E-state index contributed by atoms with van der Waals surface area (Å²) in [5.41, 5.74) is 1.43. The summed E-state index contributed by atoms with van der Waals surface area (Å²) < 4.78 is 41.0. The Balaban J connectivity index is 1.17. The van der Waals surface area contributed by atoms with Crippen molar-refractivity contribution in [2.24, 2.45) is 0 Å². The van der Waals surface area contributed by atoms with E-state index >= 15 is 0 Å². The SMILES string of the molecule is O=C(C=Cc1cccc(OP(=O)(c2ccccc2)c2ccccc2)c1)C=Cc1cccc(OP(=O)(c2ccccc2)c2ccccc2)c1. The van der Waals surface area contributed by atoms with E-state index in [4.69, 9.17) is 9.05 Å². The molecule has 48 heavy (non-hydrogen) atoms. The van der Waals surface area contributed by atoms with E-state index < -0.39 is 14.7 Å². The molecular weight excluding hydrogens is 634 g/mol. The van der Waals surface area contributed by atoms with E-state index in [0.717, 1.165) is 11.1 Å². The summed E-state index contributed by atoms with van der Waals surface area (Å²) >= 11 is 0. The molecule has 0 spiro atoms. The van der Waals surface area contributed by atoms with Crippen LogP contribution in [0, 0.1) is 0 Å². The molecule has 0 aliphatic heterocycles. The fraction of sp³-hybridized carbons (Fsp3) is 0. The third kappa shape index (κ3) is 7.73. The van der Waals surface area contributed by atoms with Gasteiger partial charge >= 0.3 is 14.7 Å². The van der Waals surface area contributed by atoms with Crippen molar-refractivity contribution in [3.05, 3.63) is 193 Å². The van der Waals surface area contributed by atoms with Gasteiger partial charge in [0.05, 0.1) is 21.2 Å². The summed E-state index contributed by atoms with van der Waals surface area (Å²) in [5.74, 6) is 0.624. The first kappa shape index (κ1) is 32.5. The van der Waals surface area contributed by atoms with Crippen molar-refractivity contribution < 1.29 is 23.0 Å². The lowest BCUT2D eigenvalue weighted by Gasteiger charge is -2.20. The van der Waals surface area contributed by atoms with Gasteiger partial charge in [-0.05, 0) is 96.1 Å². The van der Waals surface area contributed by atoms with Gasteiger partial charge in [-0.3, -0.25) is 13.9 Å². The first-order chi connectivity index (χ1) is 23.4. The van der Waals surface area contributed by atoms with Crippen molar-refractivity contribution in [2.75, 3.05) is 0 Å². The predicted molar refractivity (Wildman–Crippen MR) is 197 cm³/mol. The van der Waals surface area contributed by atoms with Crippen LogP contribution in [0.15, 0.2) is 182 Å². The van der Waals surface area contributed by atoms with Crippen LogP contribution in [0.3, 0.4) is 0 Å². The van der Waals surface area contributed by atoms with Gasteiger partial charge in [0, 0.05) is 0 Å². The number of hydrogen-bond acceptors (Lipinski definition) is 5. The Labute approximate surface area is 280 Å². The van der Waals surface area contributed by atoms with Crippen LogP contribution in [0.1, 0.15) is 11.1 Å². The molecule has 0 heterocycles. The zero-order valence-electron chi connectivity index (χ0n) is 25.9. The van der Waals surface area contributed by atoms with Gasteiger partial charge in [-0.1, -0.05) is 109 Å². The van der Waals surface area contributed by atoms with Gasteiger partial charge < -0.3 is 9.05 Å². The Hall–Kier alpha value is -5.47. The molecule has 0 fully saturated rings. The van der Waals surface area contributed by atoms with E-state index in [1.54, 1.807) is 97.1 Å². The topological polar surface area (TPSA) is 69.7 Å². The highest BCUT2D eigenvalue weighted by molar-refractivity contribution is 7.75. The van der Waals surface area contributed by atoms with Crippen LogP contribution in [0.25, 0.3) is 12.2 Å². The summed E-state index contributed by atoms with van der Waals surface area (Å²) in [6.45, 7) is 0. The van der Waals surface area contributed by atoms with Crippen molar-refractivity contribution in [2.45, 2.75) is 0 Å². The predicted octanol–water partition coefficient (Wildman–Crippen LogP) is 8.60. The Morgan fingerprint density at radius 2 is 0.729 bits per heavy atom. The number of hydrogen-bond donors (Lipinski definition) is 0. The average Bonchev–Trinajstić information content (AvgIpc) is 3.15. The van der Waals surface area contributed by atoms with Crippen molar-refractivity contribution in [1.29, 1.82) is 0 Å². The zero-order chi connectivity index (χ0) is 33.2. The van der Waals surface area contributed by atoms with Crippen LogP contribution in [-0.4, -0.2) is 5.78 Å². The van der Waals surface area contributed by atoms with Crippen LogP contribution < -0.4 is 30.3 Å². The second-order valence-corrected chi connectivity index (χ2v) is 15.5. The van der Waals surface area contributed by atoms with E-state index in [2.05, 4.69) is 0 Å². The van der Waals surface area contributed by atoms with E-state index in [-0.39, 0.29) is 5.78 Å². The molecule has 0 saturated carbocycles. The number of rotatable bonds is 12. The second-order valence-electron chi connectivity index (χ2n) is 10.8. The Bertz CT molecular complexity index is 1900. The molecule has 0 unspecified atom stereocenters. The molecule has 0 radical (unpaired) electrons. The molecule has 0 aromatic heterocycles. The standard InChI is InChI=1S/C41H32O5P2/c42-35(29-27-33-15-13-17-36(31-33)45-47(43,38-19-5-1-6-20-38)39-21-7-2-8-22-39)30-28-34-16-14-18-37(32-34)46-48(44,40-23-9-3-10-24-40)41-25-11-4-12-26-41/h1-32H. The summed E-state index contributed by atoms with van der Waals surface area (Å²) in [4.78, 5) is 12.8. The molecule has 0 amide bonds. The molecule has 7 heteroatoms. The maximum absolute atomic E-state index is 14.3. The normalized spacial score (nSPS) is 11.8. The molecule has 0 saturated heterocycles. The Morgan fingerprint density at radius 3 is 1.04 bits per heavy atom. The van der Waals surface area contributed by atoms with E-state index in [1.807, 2.05) is 84.9 Å². The Morgan fingerprint density at radius 1 is 0.417 bits per heavy atom. The molecule has 236 valence electrons. The monoisotopic (exact) mass is 666 g/mol. The minimum absolute atomic E-state index is 0.230. The molecule has 6 aromatic rings. The van der Waals surface area contributed by atoms with Gasteiger partial charge in [0.2, 0.25) is 0 Å². The van der Waals surface area contributed by atoms with E-state index in [9.17, 15) is 13.9 Å². The molecule has 6 rings (SSSR count). The number of allylic oxidation sites excluding steroid dienone is 2. The second kappa shape index (κ2) is 15.0. The van der Waals surface area contributed by atoms with Crippen LogP contribution in [-0.2, 0) is 13.9 Å². The summed E-state index contributed by atoms with van der Waals surface area (Å²) in [7, 11) is -6.86. The van der Waals surface area contributed by atoms with Crippen molar-refractivity contribution in [3.63, 3.8) is 0 Å². The van der Waals surface area contributed by atoms with Gasteiger partial charge in [0.15, 0.2) is 5.78 Å². The van der Waals surface area contributed by atoms with Gasteiger partial charge in [-0.25, -0.2) is 0 Å². The number of carbonyl (C=O) groups is 1. The maximum atomic E-state index is 14.3. The van der Waals surface area contributed by atoms with Gasteiger partial charge in [-0.2, -0.15) is 0 Å². The molecule has 0 atom stereocenters. The third-order valence-corrected chi connectivity index (χ3v) is 12.3. The van der Waals surface area contributed by atoms with Gasteiger partial charge in [0.1, 0.15) is 11.5 Å². The fourth-order valence-corrected chi connectivity index (χ4v) is 9.16. The average molecular weight is 667 g/mol. The van der Waals surface area contributed by atoms with Crippen LogP contribution >= 0.6 is 14.7 Å². The third-order valence-electron chi connectivity index (χ3n) is 7.45.